The Hall–Kier alpha value is -3.25. The average Bonchev–Trinajstić information content (AvgIpc) is 2.91. The maximum Gasteiger partial charge on any atom is 0.165 e. The van der Waals surface area contributed by atoms with Crippen molar-refractivity contribution in [1.29, 1.82) is 0 Å². The Balaban J connectivity index is 1.50. The molecule has 0 fully saturated rings. The molecule has 0 spiro atoms. The molecule has 0 radical (unpaired) electrons. The predicted octanol–water partition coefficient (Wildman–Crippen LogP) is 6.46. The number of rotatable bonds is 12. The molecule has 1 aliphatic carbocycles. The molecule has 2 N–H and O–H groups in total. The summed E-state index contributed by atoms with van der Waals surface area (Å²) >= 11 is 0. The minimum Gasteiger partial charge on any atom is -0.508 e. The first-order valence-corrected chi connectivity index (χ1v) is 13.7. The maximum absolute atomic E-state index is 14.9. The van der Waals surface area contributed by atoms with Crippen LogP contribution in [-0.2, 0) is 19.4 Å². The third-order valence-electron chi connectivity index (χ3n) is 7.28. The Kier molecular flexibility index (Phi) is 9.51. The van der Waals surface area contributed by atoms with E-state index in [1.54, 1.807) is 25.3 Å². The number of nitrogens with one attached hydrogen (secondary N) is 1. The van der Waals surface area contributed by atoms with E-state index in [1.165, 1.54) is 16.7 Å². The number of anilines is 1. The van der Waals surface area contributed by atoms with Crippen LogP contribution >= 0.6 is 0 Å². The lowest BCUT2D eigenvalue weighted by atomic mass is 9.79. The molecule has 3 aromatic carbocycles. The van der Waals surface area contributed by atoms with Gasteiger partial charge in [-0.1, -0.05) is 32.0 Å². The van der Waals surface area contributed by atoms with Gasteiger partial charge in [0, 0.05) is 31.4 Å². The van der Waals surface area contributed by atoms with Gasteiger partial charge >= 0.3 is 0 Å². The van der Waals surface area contributed by atoms with E-state index in [1.807, 2.05) is 24.3 Å². The molecule has 1 aliphatic rings. The van der Waals surface area contributed by atoms with E-state index in [-0.39, 0.29) is 11.6 Å². The van der Waals surface area contributed by atoms with Crippen LogP contribution < -0.4 is 19.7 Å². The van der Waals surface area contributed by atoms with Gasteiger partial charge in [-0.25, -0.2) is 4.39 Å². The first kappa shape index (κ1) is 27.8. The number of nitrogens with zero attached hydrogens (tertiary/aromatic N) is 1. The molecular formula is C32H41FN2O3. The number of aromatic hydroxyl groups is 1. The number of ether oxygens (including phenoxy) is 2. The number of benzene rings is 3. The molecule has 0 aliphatic heterocycles. The van der Waals surface area contributed by atoms with Crippen LogP contribution in [-0.4, -0.2) is 38.5 Å². The Bertz CT molecular complexity index is 1210. The molecule has 4 rings (SSSR count). The van der Waals surface area contributed by atoms with Gasteiger partial charge in [0.1, 0.15) is 18.1 Å². The highest BCUT2D eigenvalue weighted by Gasteiger charge is 2.25. The van der Waals surface area contributed by atoms with Crippen molar-refractivity contribution in [3.8, 4) is 17.2 Å². The van der Waals surface area contributed by atoms with Gasteiger partial charge in [0.05, 0.1) is 7.11 Å². The van der Waals surface area contributed by atoms with Gasteiger partial charge in [0.2, 0.25) is 0 Å². The second-order valence-corrected chi connectivity index (χ2v) is 10.5. The van der Waals surface area contributed by atoms with Crippen molar-refractivity contribution >= 4 is 5.69 Å². The highest BCUT2D eigenvalue weighted by molar-refractivity contribution is 5.60. The van der Waals surface area contributed by atoms with E-state index in [0.29, 0.717) is 37.3 Å². The monoisotopic (exact) mass is 520 g/mol. The second-order valence-electron chi connectivity index (χ2n) is 10.5. The Morgan fingerprint density at radius 2 is 1.92 bits per heavy atom. The molecule has 1 atom stereocenters. The average molecular weight is 521 g/mol. The third-order valence-corrected chi connectivity index (χ3v) is 7.28. The largest absolute Gasteiger partial charge is 0.508 e. The summed E-state index contributed by atoms with van der Waals surface area (Å²) in [6, 6.07) is 17.3. The molecule has 1 unspecified atom stereocenters. The summed E-state index contributed by atoms with van der Waals surface area (Å²) in [5, 5.41) is 13.2. The molecule has 0 amide bonds. The lowest BCUT2D eigenvalue weighted by molar-refractivity contribution is 0.296. The molecule has 0 bridgehead atoms. The van der Waals surface area contributed by atoms with Crippen LogP contribution in [0.2, 0.25) is 0 Å². The van der Waals surface area contributed by atoms with Gasteiger partial charge in [-0.15, -0.1) is 0 Å². The molecule has 0 saturated carbocycles. The van der Waals surface area contributed by atoms with Crippen LogP contribution in [0, 0.1) is 11.7 Å². The number of phenolic OH excluding ortho intramolecular Hbond substituents is 1. The summed E-state index contributed by atoms with van der Waals surface area (Å²) in [6.45, 7) is 9.83. The summed E-state index contributed by atoms with van der Waals surface area (Å²) in [5.74, 6) is 2.03. The Morgan fingerprint density at radius 3 is 2.66 bits per heavy atom. The summed E-state index contributed by atoms with van der Waals surface area (Å²) in [6.07, 6.45) is 2.88. The number of methoxy groups -OCH3 is 1. The number of hydrogen-bond donors (Lipinski definition) is 2. The van der Waals surface area contributed by atoms with Gasteiger partial charge in [0.25, 0.3) is 0 Å². The summed E-state index contributed by atoms with van der Waals surface area (Å²) in [7, 11) is 1.69. The number of aryl methyl sites for hydroxylation is 1. The van der Waals surface area contributed by atoms with Gasteiger partial charge in [-0.2, -0.15) is 0 Å². The van der Waals surface area contributed by atoms with Crippen molar-refractivity contribution in [2.45, 2.75) is 52.5 Å². The SMILES string of the molecule is CCN(Cc1ccc(OCCNCC(C)C)c(F)c1)c1cc(OC)ccc1C1CCc2cc(O)ccc2C1. The molecule has 204 valence electrons. The van der Waals surface area contributed by atoms with Crippen LogP contribution in [0.15, 0.2) is 54.6 Å². The van der Waals surface area contributed by atoms with E-state index in [4.69, 9.17) is 9.47 Å². The first-order valence-electron chi connectivity index (χ1n) is 13.7. The zero-order valence-corrected chi connectivity index (χ0v) is 23.1. The number of fused-ring (bicyclic) bond motifs is 1. The van der Waals surface area contributed by atoms with Crippen molar-refractivity contribution in [2.24, 2.45) is 5.92 Å². The van der Waals surface area contributed by atoms with Crippen LogP contribution in [0.1, 0.15) is 55.4 Å². The van der Waals surface area contributed by atoms with E-state index < -0.39 is 0 Å². The Labute approximate surface area is 226 Å². The highest BCUT2D eigenvalue weighted by atomic mass is 19.1. The summed E-state index contributed by atoms with van der Waals surface area (Å²) < 4.78 is 26.1. The van der Waals surface area contributed by atoms with Crippen LogP contribution in [0.3, 0.4) is 0 Å². The molecular weight excluding hydrogens is 479 g/mol. The van der Waals surface area contributed by atoms with Crippen molar-refractivity contribution in [2.75, 3.05) is 38.3 Å². The smallest absolute Gasteiger partial charge is 0.165 e. The number of phenols is 1. The lowest BCUT2D eigenvalue weighted by Crippen LogP contribution is -2.25. The van der Waals surface area contributed by atoms with Crippen molar-refractivity contribution in [3.05, 3.63) is 82.7 Å². The molecule has 0 saturated heterocycles. The second kappa shape index (κ2) is 13.0. The molecule has 38 heavy (non-hydrogen) atoms. The molecule has 6 heteroatoms. The van der Waals surface area contributed by atoms with Crippen LogP contribution in [0.4, 0.5) is 10.1 Å². The summed E-state index contributed by atoms with van der Waals surface area (Å²) in [4.78, 5) is 2.29. The number of hydrogen-bond acceptors (Lipinski definition) is 5. The zero-order chi connectivity index (χ0) is 27.1. The molecule has 0 aromatic heterocycles. The quantitative estimate of drug-likeness (QED) is 0.268. The van der Waals surface area contributed by atoms with Crippen LogP contribution in [0.25, 0.3) is 0 Å². The maximum atomic E-state index is 14.9. The van der Waals surface area contributed by atoms with Crippen molar-refractivity contribution < 1.29 is 19.0 Å². The van der Waals surface area contributed by atoms with Gasteiger partial charge in [-0.3, -0.25) is 0 Å². The molecule has 0 heterocycles. The Morgan fingerprint density at radius 1 is 1.08 bits per heavy atom. The van der Waals surface area contributed by atoms with E-state index in [2.05, 4.69) is 43.1 Å². The van der Waals surface area contributed by atoms with Gasteiger partial charge < -0.3 is 24.8 Å². The topological polar surface area (TPSA) is 54.0 Å². The third kappa shape index (κ3) is 6.98. The minimum absolute atomic E-state index is 0.289. The fraction of sp³-hybridized carbons (Fsp3) is 0.438. The normalized spacial score (nSPS) is 14.8. The van der Waals surface area contributed by atoms with E-state index in [9.17, 15) is 9.50 Å². The lowest BCUT2D eigenvalue weighted by Gasteiger charge is -2.32. The fourth-order valence-corrected chi connectivity index (χ4v) is 5.25. The van der Waals surface area contributed by atoms with Crippen molar-refractivity contribution in [3.63, 3.8) is 0 Å². The van der Waals surface area contributed by atoms with E-state index >= 15 is 0 Å². The highest BCUT2D eigenvalue weighted by Crippen LogP contribution is 2.40. The number of halogens is 1. The van der Waals surface area contributed by atoms with Gasteiger partial charge in [0.15, 0.2) is 11.6 Å². The predicted molar refractivity (Wildman–Crippen MR) is 152 cm³/mol. The first-order chi connectivity index (χ1) is 18.4. The zero-order valence-electron chi connectivity index (χ0n) is 23.1. The van der Waals surface area contributed by atoms with E-state index in [0.717, 1.165) is 49.4 Å². The van der Waals surface area contributed by atoms with Crippen molar-refractivity contribution in [1.82, 2.24) is 5.32 Å². The molecule has 3 aromatic rings. The van der Waals surface area contributed by atoms with Crippen LogP contribution in [0.5, 0.6) is 17.2 Å². The minimum atomic E-state index is -0.333. The molecule has 5 nitrogen and oxygen atoms in total. The van der Waals surface area contributed by atoms with Gasteiger partial charge in [-0.05, 0) is 97.2 Å². The summed E-state index contributed by atoms with van der Waals surface area (Å²) in [5.41, 5.74) is 5.82. The standard InChI is InChI=1S/C32H41FN2O3/c1-5-35(21-23-6-13-32(30(33)16-23)38-15-14-34-20-22(2)3)31-19-28(37-4)11-12-29(31)26-8-7-25-18-27(36)10-9-24(25)17-26/h6,9-13,16,18-19,22,26,34,36H,5,7-8,14-15,17,20-21H2,1-4H3. The fourth-order valence-electron chi connectivity index (χ4n) is 5.25.